The second kappa shape index (κ2) is 3.32. The van der Waals surface area contributed by atoms with Gasteiger partial charge in [0.05, 0.1) is 0 Å². The first-order chi connectivity index (χ1) is 6.27. The lowest BCUT2D eigenvalue weighted by Gasteiger charge is -2.26. The molecular formula is C10H14N2O. The van der Waals surface area contributed by atoms with Crippen molar-refractivity contribution >= 4 is 11.6 Å². The maximum Gasteiger partial charge on any atom is 0.246 e. The fourth-order valence-corrected chi connectivity index (χ4v) is 2.10. The second-order valence-corrected chi connectivity index (χ2v) is 3.79. The number of hydrogen-bond donors (Lipinski definition) is 1. The second-order valence-electron chi connectivity index (χ2n) is 3.79. The predicted molar refractivity (Wildman–Crippen MR) is 51.3 cm³/mol. The Morgan fingerprint density at radius 1 is 1.54 bits per heavy atom. The lowest BCUT2D eigenvalue weighted by molar-refractivity contribution is -0.114. The number of nitrogens with zero attached hydrogens (tertiary/aromatic N) is 1. The predicted octanol–water partition coefficient (Wildman–Crippen LogP) is 1.39. The molecule has 70 valence electrons. The molecular weight excluding hydrogens is 164 g/mol. The molecule has 13 heavy (non-hydrogen) atoms. The molecule has 1 fully saturated rings. The maximum absolute atomic E-state index is 10.9. The van der Waals surface area contributed by atoms with E-state index in [0.717, 1.165) is 12.8 Å². The van der Waals surface area contributed by atoms with Crippen molar-refractivity contribution in [2.45, 2.75) is 32.1 Å². The van der Waals surface area contributed by atoms with Crippen LogP contribution in [0.5, 0.6) is 0 Å². The normalized spacial score (nSPS) is 27.2. The van der Waals surface area contributed by atoms with Crippen LogP contribution in [0.15, 0.2) is 16.8 Å². The van der Waals surface area contributed by atoms with Crippen molar-refractivity contribution in [3.63, 3.8) is 0 Å². The molecule has 0 aromatic heterocycles. The molecule has 1 saturated carbocycles. The van der Waals surface area contributed by atoms with Gasteiger partial charge in [-0.05, 0) is 25.7 Å². The zero-order valence-electron chi connectivity index (χ0n) is 7.62. The number of primary amides is 1. The summed E-state index contributed by atoms with van der Waals surface area (Å²) >= 11 is 0. The number of amides is 1. The van der Waals surface area contributed by atoms with Crippen LogP contribution in [0.1, 0.15) is 32.1 Å². The van der Waals surface area contributed by atoms with Crippen LogP contribution in [0.3, 0.4) is 0 Å². The third-order valence-corrected chi connectivity index (χ3v) is 2.88. The van der Waals surface area contributed by atoms with E-state index in [9.17, 15) is 4.79 Å². The number of carbonyl (C=O) groups is 1. The average molecular weight is 178 g/mol. The molecule has 1 aliphatic heterocycles. The number of hydrogen-bond acceptors (Lipinski definition) is 2. The Morgan fingerprint density at radius 2 is 2.38 bits per heavy atom. The first-order valence-electron chi connectivity index (χ1n) is 4.83. The standard InChI is InChI=1S/C10H14N2O/c11-10(13)8-5-7-3-1-2-4-9(7)12-6-8/h6-7H,1-5H2,(H2,11,13). The first-order valence-corrected chi connectivity index (χ1v) is 4.83. The van der Waals surface area contributed by atoms with Gasteiger partial charge in [-0.3, -0.25) is 9.79 Å². The van der Waals surface area contributed by atoms with Crippen molar-refractivity contribution in [1.82, 2.24) is 0 Å². The lowest BCUT2D eigenvalue weighted by Crippen LogP contribution is -2.26. The van der Waals surface area contributed by atoms with E-state index in [-0.39, 0.29) is 5.91 Å². The molecule has 2 N–H and O–H groups in total. The Hall–Kier alpha value is -1.12. The Morgan fingerprint density at radius 3 is 3.15 bits per heavy atom. The number of rotatable bonds is 1. The van der Waals surface area contributed by atoms with Gasteiger partial charge in [-0.25, -0.2) is 0 Å². The van der Waals surface area contributed by atoms with Crippen molar-refractivity contribution in [3.05, 3.63) is 11.8 Å². The Labute approximate surface area is 77.7 Å². The van der Waals surface area contributed by atoms with Gasteiger partial charge in [-0.15, -0.1) is 0 Å². The summed E-state index contributed by atoms with van der Waals surface area (Å²) in [6.45, 7) is 0. The molecule has 1 heterocycles. The van der Waals surface area contributed by atoms with Gasteiger partial charge in [0.25, 0.3) is 0 Å². The fourth-order valence-electron chi connectivity index (χ4n) is 2.10. The maximum atomic E-state index is 10.9. The first kappa shape index (κ1) is 8.48. The molecule has 2 aliphatic rings. The third-order valence-electron chi connectivity index (χ3n) is 2.88. The van der Waals surface area contributed by atoms with E-state index in [1.165, 1.54) is 25.0 Å². The van der Waals surface area contributed by atoms with Gasteiger partial charge in [0, 0.05) is 23.4 Å². The summed E-state index contributed by atoms with van der Waals surface area (Å²) in [6, 6.07) is 0. The molecule has 1 unspecified atom stereocenters. The molecule has 0 saturated heterocycles. The molecule has 0 spiro atoms. The highest BCUT2D eigenvalue weighted by Gasteiger charge is 2.25. The largest absolute Gasteiger partial charge is 0.366 e. The number of carbonyl (C=O) groups excluding carboxylic acids is 1. The highest BCUT2D eigenvalue weighted by molar-refractivity contribution is 5.96. The zero-order valence-corrected chi connectivity index (χ0v) is 7.62. The van der Waals surface area contributed by atoms with Gasteiger partial charge in [0.1, 0.15) is 0 Å². The van der Waals surface area contributed by atoms with Gasteiger partial charge in [0.2, 0.25) is 5.91 Å². The minimum absolute atomic E-state index is 0.312. The number of fused-ring (bicyclic) bond motifs is 1. The summed E-state index contributed by atoms with van der Waals surface area (Å²) in [5.74, 6) is 0.189. The van der Waals surface area contributed by atoms with E-state index in [2.05, 4.69) is 4.99 Å². The van der Waals surface area contributed by atoms with Crippen LogP contribution in [-0.4, -0.2) is 11.6 Å². The summed E-state index contributed by atoms with van der Waals surface area (Å²) in [4.78, 5) is 15.2. The number of aliphatic imine (C=N–C) groups is 1. The van der Waals surface area contributed by atoms with Gasteiger partial charge in [-0.2, -0.15) is 0 Å². The molecule has 1 aliphatic carbocycles. The third kappa shape index (κ3) is 1.64. The minimum atomic E-state index is -0.312. The summed E-state index contributed by atoms with van der Waals surface area (Å²) in [5, 5.41) is 0. The molecule has 3 heteroatoms. The quantitative estimate of drug-likeness (QED) is 0.648. The summed E-state index contributed by atoms with van der Waals surface area (Å²) in [6.07, 6.45) is 7.25. The topological polar surface area (TPSA) is 55.5 Å². The van der Waals surface area contributed by atoms with E-state index in [0.29, 0.717) is 11.5 Å². The SMILES string of the molecule is NC(=O)C1=CN=C2CCCCC2C1. The van der Waals surface area contributed by atoms with E-state index < -0.39 is 0 Å². The molecule has 0 bridgehead atoms. The van der Waals surface area contributed by atoms with E-state index >= 15 is 0 Å². The molecule has 1 atom stereocenters. The average Bonchev–Trinajstić information content (AvgIpc) is 2.17. The van der Waals surface area contributed by atoms with Crippen LogP contribution in [0.4, 0.5) is 0 Å². The summed E-state index contributed by atoms with van der Waals surface area (Å²) in [7, 11) is 0. The Kier molecular flexibility index (Phi) is 2.17. The molecule has 3 nitrogen and oxygen atoms in total. The minimum Gasteiger partial charge on any atom is -0.366 e. The monoisotopic (exact) mass is 178 g/mol. The lowest BCUT2D eigenvalue weighted by atomic mass is 9.81. The van der Waals surface area contributed by atoms with E-state index in [4.69, 9.17) is 5.73 Å². The Bertz CT molecular complexity index is 291. The molecule has 0 radical (unpaired) electrons. The van der Waals surface area contributed by atoms with Crippen molar-refractivity contribution in [3.8, 4) is 0 Å². The van der Waals surface area contributed by atoms with E-state index in [1.807, 2.05) is 0 Å². The van der Waals surface area contributed by atoms with Crippen LogP contribution < -0.4 is 5.73 Å². The van der Waals surface area contributed by atoms with E-state index in [1.54, 1.807) is 6.20 Å². The van der Waals surface area contributed by atoms with Crippen LogP contribution in [-0.2, 0) is 4.79 Å². The Balaban J connectivity index is 2.18. The fraction of sp³-hybridized carbons (Fsp3) is 0.600. The van der Waals surface area contributed by atoms with Crippen molar-refractivity contribution in [2.75, 3.05) is 0 Å². The smallest absolute Gasteiger partial charge is 0.246 e. The van der Waals surface area contributed by atoms with Gasteiger partial charge < -0.3 is 5.73 Å². The van der Waals surface area contributed by atoms with Crippen LogP contribution >= 0.6 is 0 Å². The summed E-state index contributed by atoms with van der Waals surface area (Å²) in [5.41, 5.74) is 7.18. The van der Waals surface area contributed by atoms with Crippen LogP contribution in [0.2, 0.25) is 0 Å². The van der Waals surface area contributed by atoms with Crippen molar-refractivity contribution in [2.24, 2.45) is 16.6 Å². The van der Waals surface area contributed by atoms with Gasteiger partial charge in [-0.1, -0.05) is 6.42 Å². The zero-order chi connectivity index (χ0) is 9.26. The molecule has 1 amide bonds. The van der Waals surface area contributed by atoms with Crippen LogP contribution in [0.25, 0.3) is 0 Å². The summed E-state index contributed by atoms with van der Waals surface area (Å²) < 4.78 is 0. The van der Waals surface area contributed by atoms with Crippen molar-refractivity contribution in [1.29, 1.82) is 0 Å². The van der Waals surface area contributed by atoms with Crippen molar-refractivity contribution < 1.29 is 4.79 Å². The molecule has 2 rings (SSSR count). The highest BCUT2D eigenvalue weighted by atomic mass is 16.1. The highest BCUT2D eigenvalue weighted by Crippen LogP contribution is 2.30. The number of nitrogens with two attached hydrogens (primary N) is 1. The van der Waals surface area contributed by atoms with Gasteiger partial charge >= 0.3 is 0 Å². The molecule has 0 aromatic carbocycles. The van der Waals surface area contributed by atoms with Gasteiger partial charge in [0.15, 0.2) is 0 Å². The van der Waals surface area contributed by atoms with Crippen LogP contribution in [0, 0.1) is 5.92 Å². The molecule has 0 aromatic rings.